The van der Waals surface area contributed by atoms with Crippen molar-refractivity contribution in [1.82, 2.24) is 0 Å². The minimum absolute atomic E-state index is 0.250. The molecule has 0 N–H and O–H groups in total. The van der Waals surface area contributed by atoms with E-state index in [9.17, 15) is 4.79 Å². The number of nitrogens with zero attached hydrogens (tertiary/aromatic N) is 2. The summed E-state index contributed by atoms with van der Waals surface area (Å²) in [7, 11) is 4.59. The molecule has 31 heavy (non-hydrogen) atoms. The van der Waals surface area contributed by atoms with Gasteiger partial charge in [-0.1, -0.05) is 30.3 Å². The topological polar surface area (TPSA) is 78.7 Å². The van der Waals surface area contributed by atoms with Gasteiger partial charge in [0, 0.05) is 11.1 Å². The van der Waals surface area contributed by atoms with Crippen LogP contribution in [-0.4, -0.2) is 39.0 Å². The normalized spacial score (nSPS) is 17.1. The molecule has 2 aliphatic heterocycles. The lowest BCUT2D eigenvalue weighted by molar-refractivity contribution is -0.120. The van der Waals surface area contributed by atoms with Crippen molar-refractivity contribution >= 4 is 28.4 Å². The number of benzene rings is 3. The molecule has 7 nitrogen and oxygen atoms in total. The van der Waals surface area contributed by atoms with E-state index in [1.54, 1.807) is 12.1 Å². The fourth-order valence-corrected chi connectivity index (χ4v) is 4.04. The second-order valence-electron chi connectivity index (χ2n) is 7.26. The molecule has 7 heteroatoms. The predicted octanol–water partition coefficient (Wildman–Crippen LogP) is 3.80. The zero-order chi connectivity index (χ0) is 21.5. The molecule has 3 aromatic carbocycles. The van der Waals surface area contributed by atoms with Crippen LogP contribution >= 0.6 is 0 Å². The van der Waals surface area contributed by atoms with E-state index in [1.165, 1.54) is 21.3 Å². The molecule has 2 heterocycles. The van der Waals surface area contributed by atoms with Crippen molar-refractivity contribution < 1.29 is 23.7 Å². The van der Waals surface area contributed by atoms with Crippen LogP contribution in [0.25, 0.3) is 10.8 Å². The lowest BCUT2D eigenvalue weighted by Crippen LogP contribution is -2.37. The van der Waals surface area contributed by atoms with Gasteiger partial charge in [-0.05, 0) is 35.4 Å². The molecule has 156 valence electrons. The zero-order valence-corrected chi connectivity index (χ0v) is 17.3. The van der Waals surface area contributed by atoms with Crippen LogP contribution < -0.4 is 18.9 Å². The van der Waals surface area contributed by atoms with E-state index in [0.29, 0.717) is 40.9 Å². The van der Waals surface area contributed by atoms with E-state index in [-0.39, 0.29) is 11.7 Å². The first kappa shape index (κ1) is 19.1. The lowest BCUT2D eigenvalue weighted by Gasteiger charge is -2.28. The predicted molar refractivity (Wildman–Crippen MR) is 117 cm³/mol. The van der Waals surface area contributed by atoms with E-state index in [4.69, 9.17) is 18.9 Å². The maximum Gasteiger partial charge on any atom is 0.260 e. The molecule has 0 saturated heterocycles. The van der Waals surface area contributed by atoms with Gasteiger partial charge >= 0.3 is 0 Å². The molecule has 1 atom stereocenters. The standard InChI is InChI=1S/C24H20N2O5/c1-28-19-10-14(11-20(29-2)21(19)30-3)22-25-23(27)17-12-16-15-7-5-4-6-13(15)8-9-18(16)31-24(17)26-22/h4-11,17H,12H2,1-3H3. The molecule has 0 aromatic heterocycles. The Morgan fingerprint density at radius 1 is 0.935 bits per heavy atom. The van der Waals surface area contributed by atoms with Gasteiger partial charge in [-0.3, -0.25) is 4.79 Å². The molecular formula is C24H20N2O5. The fourth-order valence-electron chi connectivity index (χ4n) is 4.04. The van der Waals surface area contributed by atoms with Gasteiger partial charge in [-0.15, -0.1) is 0 Å². The lowest BCUT2D eigenvalue weighted by atomic mass is 9.90. The Hall–Kier alpha value is -3.87. The number of aliphatic imine (C=N–C) groups is 2. The summed E-state index contributed by atoms with van der Waals surface area (Å²) in [5.74, 6) is 1.86. The van der Waals surface area contributed by atoms with E-state index in [2.05, 4.69) is 9.98 Å². The maximum absolute atomic E-state index is 13.0. The van der Waals surface area contributed by atoms with Crippen LogP contribution in [-0.2, 0) is 11.2 Å². The molecule has 5 rings (SSSR count). The average molecular weight is 416 g/mol. The van der Waals surface area contributed by atoms with E-state index >= 15 is 0 Å². The molecule has 0 aliphatic carbocycles. The smallest absolute Gasteiger partial charge is 0.260 e. The van der Waals surface area contributed by atoms with Crippen LogP contribution in [0.3, 0.4) is 0 Å². The number of rotatable bonds is 4. The Bertz CT molecular complexity index is 1250. The number of amidine groups is 1. The van der Waals surface area contributed by atoms with Gasteiger partial charge in [0.1, 0.15) is 11.7 Å². The Kier molecular flexibility index (Phi) is 4.58. The molecule has 0 saturated carbocycles. The third kappa shape index (κ3) is 3.09. The van der Waals surface area contributed by atoms with Crippen LogP contribution in [0.2, 0.25) is 0 Å². The second-order valence-corrected chi connectivity index (χ2v) is 7.26. The van der Waals surface area contributed by atoms with Crippen molar-refractivity contribution in [3.05, 3.63) is 59.7 Å². The van der Waals surface area contributed by atoms with Gasteiger partial charge in [0.2, 0.25) is 11.6 Å². The first-order chi connectivity index (χ1) is 15.1. The van der Waals surface area contributed by atoms with Crippen molar-refractivity contribution in [2.45, 2.75) is 6.42 Å². The highest BCUT2D eigenvalue weighted by atomic mass is 16.5. The van der Waals surface area contributed by atoms with Gasteiger partial charge in [0.05, 0.1) is 21.3 Å². The third-order valence-electron chi connectivity index (χ3n) is 5.57. The molecule has 0 fully saturated rings. The van der Waals surface area contributed by atoms with E-state index in [0.717, 1.165) is 16.3 Å². The summed E-state index contributed by atoms with van der Waals surface area (Å²) in [5.41, 5.74) is 1.57. The summed E-state index contributed by atoms with van der Waals surface area (Å²) >= 11 is 0. The molecule has 0 radical (unpaired) electrons. The number of methoxy groups -OCH3 is 3. The van der Waals surface area contributed by atoms with Crippen molar-refractivity contribution in [3.63, 3.8) is 0 Å². The highest BCUT2D eigenvalue weighted by molar-refractivity contribution is 6.19. The molecule has 0 bridgehead atoms. The minimum atomic E-state index is -0.538. The van der Waals surface area contributed by atoms with Crippen LogP contribution in [0.4, 0.5) is 0 Å². The zero-order valence-electron chi connectivity index (χ0n) is 17.3. The molecule has 3 aromatic rings. The highest BCUT2D eigenvalue weighted by Crippen LogP contribution is 2.40. The number of carbonyl (C=O) groups is 1. The molecule has 2 aliphatic rings. The van der Waals surface area contributed by atoms with Gasteiger partial charge in [0.25, 0.3) is 5.91 Å². The van der Waals surface area contributed by atoms with Crippen LogP contribution in [0.5, 0.6) is 23.0 Å². The summed E-state index contributed by atoms with van der Waals surface area (Å²) in [5, 5.41) is 2.18. The average Bonchev–Trinajstić information content (AvgIpc) is 2.81. The van der Waals surface area contributed by atoms with E-state index < -0.39 is 5.92 Å². The van der Waals surface area contributed by atoms with Crippen molar-refractivity contribution in [2.75, 3.05) is 21.3 Å². The minimum Gasteiger partial charge on any atom is -0.493 e. The third-order valence-corrected chi connectivity index (χ3v) is 5.57. The van der Waals surface area contributed by atoms with Gasteiger partial charge in [0.15, 0.2) is 17.3 Å². The summed E-state index contributed by atoms with van der Waals surface area (Å²) in [6.45, 7) is 0. The number of ether oxygens (including phenoxy) is 4. The first-order valence-electron chi connectivity index (χ1n) is 9.83. The summed E-state index contributed by atoms with van der Waals surface area (Å²) in [4.78, 5) is 21.8. The monoisotopic (exact) mass is 416 g/mol. The largest absolute Gasteiger partial charge is 0.493 e. The maximum atomic E-state index is 13.0. The Balaban J connectivity index is 1.57. The molecule has 1 amide bonds. The first-order valence-corrected chi connectivity index (χ1v) is 9.83. The van der Waals surface area contributed by atoms with Gasteiger partial charge in [-0.25, -0.2) is 0 Å². The Labute approximate surface area is 178 Å². The highest BCUT2D eigenvalue weighted by Gasteiger charge is 2.37. The van der Waals surface area contributed by atoms with Gasteiger partial charge in [-0.2, -0.15) is 9.98 Å². The van der Waals surface area contributed by atoms with Crippen molar-refractivity contribution in [3.8, 4) is 23.0 Å². The quantitative estimate of drug-likeness (QED) is 0.646. The number of hydrogen-bond donors (Lipinski definition) is 0. The number of carbonyl (C=O) groups excluding carboxylic acids is 1. The van der Waals surface area contributed by atoms with Gasteiger partial charge < -0.3 is 18.9 Å². The molecular weight excluding hydrogens is 396 g/mol. The summed E-state index contributed by atoms with van der Waals surface area (Å²) < 4.78 is 22.3. The van der Waals surface area contributed by atoms with Crippen LogP contribution in [0.15, 0.2) is 58.5 Å². The van der Waals surface area contributed by atoms with Crippen molar-refractivity contribution in [2.24, 2.45) is 15.9 Å². The number of amides is 1. The Morgan fingerprint density at radius 2 is 1.68 bits per heavy atom. The molecule has 1 unspecified atom stereocenters. The van der Waals surface area contributed by atoms with Crippen molar-refractivity contribution in [1.29, 1.82) is 0 Å². The van der Waals surface area contributed by atoms with Crippen LogP contribution in [0, 0.1) is 5.92 Å². The Morgan fingerprint density at radius 3 is 2.39 bits per heavy atom. The fraction of sp³-hybridized carbons (Fsp3) is 0.208. The summed E-state index contributed by atoms with van der Waals surface area (Å²) in [6.07, 6.45) is 0.500. The second kappa shape index (κ2) is 7.43. The summed E-state index contributed by atoms with van der Waals surface area (Å²) in [6, 6.07) is 15.4. The van der Waals surface area contributed by atoms with Crippen LogP contribution in [0.1, 0.15) is 11.1 Å². The number of fused-ring (bicyclic) bond motifs is 4. The SMILES string of the molecule is COc1cc(C2=NC(=O)C3Cc4c(ccc5ccccc45)OC3=N2)cc(OC)c1OC. The number of hydrogen-bond acceptors (Lipinski definition) is 6. The molecule has 0 spiro atoms. The van der Waals surface area contributed by atoms with E-state index in [1.807, 2.05) is 36.4 Å².